The van der Waals surface area contributed by atoms with Gasteiger partial charge in [-0.15, -0.1) is 0 Å². The average Bonchev–Trinajstić information content (AvgIpc) is 2.46. The van der Waals surface area contributed by atoms with Crippen LogP contribution < -0.4 is 16.4 Å². The predicted octanol–water partition coefficient (Wildman–Crippen LogP) is 2.66. The smallest absolute Gasteiger partial charge is 0.312 e. The van der Waals surface area contributed by atoms with E-state index in [1.807, 2.05) is 38.1 Å². The van der Waals surface area contributed by atoms with Crippen molar-refractivity contribution in [2.75, 3.05) is 5.32 Å². The molecule has 0 unspecified atom stereocenters. The highest BCUT2D eigenvalue weighted by atomic mass is 16.2. The zero-order valence-corrected chi connectivity index (χ0v) is 13.0. The molecule has 0 saturated carbocycles. The zero-order chi connectivity index (χ0) is 15.8. The first-order valence-corrected chi connectivity index (χ1v) is 7.43. The van der Waals surface area contributed by atoms with E-state index in [0.29, 0.717) is 0 Å². The quantitative estimate of drug-likeness (QED) is 0.721. The standard InChI is InChI=1S/C16H25N3O2/c1-4-6-12-7-9-13(10-8-12)18-15(20)14(11(3)5-2)19-16(17)21/h7-11,14H,4-6H2,1-3H3,(H,18,20)(H3,17,19,21)/t11-,14+/m0/s1. The number of amides is 3. The van der Waals surface area contributed by atoms with Gasteiger partial charge in [0, 0.05) is 5.69 Å². The summed E-state index contributed by atoms with van der Waals surface area (Å²) in [4.78, 5) is 23.3. The lowest BCUT2D eigenvalue weighted by atomic mass is 9.98. The Hall–Kier alpha value is -2.04. The largest absolute Gasteiger partial charge is 0.352 e. The molecule has 1 aromatic rings. The average molecular weight is 291 g/mol. The molecule has 3 amide bonds. The van der Waals surface area contributed by atoms with E-state index >= 15 is 0 Å². The van der Waals surface area contributed by atoms with Gasteiger partial charge >= 0.3 is 6.03 Å². The van der Waals surface area contributed by atoms with Crippen LogP contribution in [0.2, 0.25) is 0 Å². The number of anilines is 1. The van der Waals surface area contributed by atoms with Crippen molar-refractivity contribution in [3.05, 3.63) is 29.8 Å². The first kappa shape index (κ1) is 17.0. The van der Waals surface area contributed by atoms with Gasteiger partial charge in [0.1, 0.15) is 6.04 Å². The first-order chi connectivity index (χ1) is 9.97. The van der Waals surface area contributed by atoms with Crippen LogP contribution in [-0.2, 0) is 11.2 Å². The minimum atomic E-state index is -0.686. The lowest BCUT2D eigenvalue weighted by Gasteiger charge is -2.22. The van der Waals surface area contributed by atoms with E-state index in [9.17, 15) is 9.59 Å². The molecule has 5 heteroatoms. The second kappa shape index (κ2) is 8.29. The number of carbonyl (C=O) groups excluding carboxylic acids is 2. The molecular weight excluding hydrogens is 266 g/mol. The van der Waals surface area contributed by atoms with Gasteiger partial charge in [-0.3, -0.25) is 4.79 Å². The lowest BCUT2D eigenvalue weighted by Crippen LogP contribution is -2.49. The van der Waals surface area contributed by atoms with Crippen molar-refractivity contribution in [3.8, 4) is 0 Å². The van der Waals surface area contributed by atoms with E-state index in [2.05, 4.69) is 17.6 Å². The third-order valence-electron chi connectivity index (χ3n) is 3.55. The molecule has 0 fully saturated rings. The van der Waals surface area contributed by atoms with Crippen molar-refractivity contribution in [2.45, 2.75) is 46.1 Å². The van der Waals surface area contributed by atoms with Crippen LogP contribution in [0.3, 0.4) is 0 Å². The SMILES string of the molecule is CCCc1ccc(NC(=O)[C@H](NC(N)=O)[C@@H](C)CC)cc1. The molecule has 0 bridgehead atoms. The molecule has 0 aliphatic carbocycles. The Morgan fingerprint density at radius 2 is 1.81 bits per heavy atom. The van der Waals surface area contributed by atoms with Crippen LogP contribution in [0.5, 0.6) is 0 Å². The van der Waals surface area contributed by atoms with Gasteiger partial charge in [-0.05, 0) is 30.0 Å². The number of benzene rings is 1. The van der Waals surface area contributed by atoms with E-state index in [1.54, 1.807) is 0 Å². The molecule has 0 aliphatic heterocycles. The van der Waals surface area contributed by atoms with Gasteiger partial charge in [0.05, 0.1) is 0 Å². The number of rotatable bonds is 7. The summed E-state index contributed by atoms with van der Waals surface area (Å²) in [7, 11) is 0. The van der Waals surface area contributed by atoms with Crippen LogP contribution in [0.15, 0.2) is 24.3 Å². The number of carbonyl (C=O) groups is 2. The van der Waals surface area contributed by atoms with Crippen LogP contribution in [-0.4, -0.2) is 18.0 Å². The van der Waals surface area contributed by atoms with E-state index in [-0.39, 0.29) is 11.8 Å². The Morgan fingerprint density at radius 1 is 1.19 bits per heavy atom. The van der Waals surface area contributed by atoms with Crippen LogP contribution >= 0.6 is 0 Å². The molecule has 0 radical (unpaired) electrons. The summed E-state index contributed by atoms with van der Waals surface area (Å²) >= 11 is 0. The number of urea groups is 1. The first-order valence-electron chi connectivity index (χ1n) is 7.43. The number of nitrogens with one attached hydrogen (secondary N) is 2. The highest BCUT2D eigenvalue weighted by molar-refractivity contribution is 5.97. The molecule has 0 heterocycles. The number of hydrogen-bond acceptors (Lipinski definition) is 2. The summed E-state index contributed by atoms with van der Waals surface area (Å²) in [6.45, 7) is 6.00. The van der Waals surface area contributed by atoms with Crippen molar-refractivity contribution in [3.63, 3.8) is 0 Å². The Bertz CT molecular complexity index is 471. The highest BCUT2D eigenvalue weighted by Gasteiger charge is 2.25. The van der Waals surface area contributed by atoms with Gasteiger partial charge in [-0.25, -0.2) is 4.79 Å². The maximum Gasteiger partial charge on any atom is 0.312 e. The molecule has 0 saturated heterocycles. The van der Waals surface area contributed by atoms with Crippen molar-refractivity contribution in [1.29, 1.82) is 0 Å². The third-order valence-corrected chi connectivity index (χ3v) is 3.55. The lowest BCUT2D eigenvalue weighted by molar-refractivity contribution is -0.119. The summed E-state index contributed by atoms with van der Waals surface area (Å²) in [6.07, 6.45) is 2.88. The van der Waals surface area contributed by atoms with Crippen LogP contribution in [0.4, 0.5) is 10.5 Å². The van der Waals surface area contributed by atoms with Crippen molar-refractivity contribution < 1.29 is 9.59 Å². The molecule has 1 rings (SSSR count). The number of nitrogens with two attached hydrogens (primary N) is 1. The fraction of sp³-hybridized carbons (Fsp3) is 0.500. The Kier molecular flexibility index (Phi) is 6.72. The van der Waals surface area contributed by atoms with Crippen molar-refractivity contribution in [1.82, 2.24) is 5.32 Å². The van der Waals surface area contributed by atoms with Gasteiger partial charge in [0.25, 0.3) is 0 Å². The normalized spacial score (nSPS) is 13.3. The maximum absolute atomic E-state index is 12.3. The minimum absolute atomic E-state index is 0.0110. The van der Waals surface area contributed by atoms with Crippen LogP contribution in [0.1, 0.15) is 39.2 Å². The van der Waals surface area contributed by atoms with E-state index in [0.717, 1.165) is 24.9 Å². The summed E-state index contributed by atoms with van der Waals surface area (Å²) in [5, 5.41) is 5.33. The van der Waals surface area contributed by atoms with Gasteiger partial charge in [0.2, 0.25) is 5.91 Å². The molecular formula is C16H25N3O2. The summed E-state index contributed by atoms with van der Waals surface area (Å²) in [5.74, 6) is -0.233. The van der Waals surface area contributed by atoms with Gasteiger partial charge in [0.15, 0.2) is 0 Å². The number of aryl methyl sites for hydroxylation is 1. The predicted molar refractivity (Wildman–Crippen MR) is 85.0 cm³/mol. The molecule has 0 aliphatic rings. The minimum Gasteiger partial charge on any atom is -0.352 e. The molecule has 2 atom stereocenters. The Labute approximate surface area is 126 Å². The summed E-state index contributed by atoms with van der Waals surface area (Å²) in [6, 6.07) is 6.44. The molecule has 116 valence electrons. The van der Waals surface area contributed by atoms with E-state index in [4.69, 9.17) is 5.73 Å². The molecule has 0 aromatic heterocycles. The second-order valence-corrected chi connectivity index (χ2v) is 5.31. The maximum atomic E-state index is 12.3. The van der Waals surface area contributed by atoms with E-state index < -0.39 is 12.1 Å². The Balaban J connectivity index is 2.73. The summed E-state index contributed by atoms with van der Waals surface area (Å²) in [5.41, 5.74) is 7.10. The van der Waals surface area contributed by atoms with E-state index in [1.165, 1.54) is 5.56 Å². The highest BCUT2D eigenvalue weighted by Crippen LogP contribution is 2.14. The monoisotopic (exact) mass is 291 g/mol. The fourth-order valence-corrected chi connectivity index (χ4v) is 2.12. The number of hydrogen-bond donors (Lipinski definition) is 3. The van der Waals surface area contributed by atoms with Gasteiger partial charge < -0.3 is 16.4 Å². The number of primary amides is 1. The summed E-state index contributed by atoms with van der Waals surface area (Å²) < 4.78 is 0. The zero-order valence-electron chi connectivity index (χ0n) is 13.0. The second-order valence-electron chi connectivity index (χ2n) is 5.31. The molecule has 21 heavy (non-hydrogen) atoms. The molecule has 4 N–H and O–H groups in total. The van der Waals surface area contributed by atoms with Crippen molar-refractivity contribution in [2.24, 2.45) is 11.7 Å². The molecule has 5 nitrogen and oxygen atoms in total. The fourth-order valence-electron chi connectivity index (χ4n) is 2.12. The van der Waals surface area contributed by atoms with Crippen LogP contribution in [0.25, 0.3) is 0 Å². The van der Waals surface area contributed by atoms with Gasteiger partial charge in [-0.2, -0.15) is 0 Å². The van der Waals surface area contributed by atoms with Crippen molar-refractivity contribution >= 4 is 17.6 Å². The Morgan fingerprint density at radius 3 is 2.29 bits per heavy atom. The topological polar surface area (TPSA) is 84.2 Å². The molecule has 1 aromatic carbocycles. The third kappa shape index (κ3) is 5.45. The molecule has 0 spiro atoms. The van der Waals surface area contributed by atoms with Crippen LogP contribution in [0, 0.1) is 5.92 Å². The van der Waals surface area contributed by atoms with Gasteiger partial charge in [-0.1, -0.05) is 45.7 Å².